The van der Waals surface area contributed by atoms with Crippen LogP contribution in [-0.4, -0.2) is 0 Å². The number of benzene rings is 8. The van der Waals surface area contributed by atoms with Gasteiger partial charge in [0.15, 0.2) is 0 Å². The van der Waals surface area contributed by atoms with E-state index in [4.69, 9.17) is 4.42 Å². The van der Waals surface area contributed by atoms with Crippen LogP contribution < -0.4 is 4.90 Å². The molecule has 0 spiro atoms. The molecule has 0 aliphatic heterocycles. The van der Waals surface area contributed by atoms with Crippen molar-refractivity contribution in [3.8, 4) is 22.3 Å². The Hall–Kier alpha value is -6.12. The first-order valence-corrected chi connectivity index (χ1v) is 15.7. The molecule has 0 N–H and O–H groups in total. The van der Waals surface area contributed by atoms with Crippen LogP contribution in [0.2, 0.25) is 0 Å². The highest BCUT2D eigenvalue weighted by molar-refractivity contribution is 6.16. The van der Waals surface area contributed by atoms with E-state index in [1.54, 1.807) is 0 Å². The zero-order chi connectivity index (χ0) is 30.5. The SMILES string of the molecule is c1ccc(-c2ccc(N(c3ccc(-c4ccccc4)cc3)c3ccc4ccc5cc6c(cc5c4c3)oc3ccccc36)cc2)cc1. The summed E-state index contributed by atoms with van der Waals surface area (Å²) < 4.78 is 6.31. The molecular weight excluding hydrogens is 558 g/mol. The highest BCUT2D eigenvalue weighted by Gasteiger charge is 2.16. The summed E-state index contributed by atoms with van der Waals surface area (Å²) >= 11 is 0. The summed E-state index contributed by atoms with van der Waals surface area (Å²) in [7, 11) is 0. The summed E-state index contributed by atoms with van der Waals surface area (Å²) in [6.07, 6.45) is 0. The molecule has 9 rings (SSSR count). The number of nitrogens with zero attached hydrogens (tertiary/aromatic N) is 1. The number of rotatable bonds is 5. The lowest BCUT2D eigenvalue weighted by Crippen LogP contribution is -2.09. The Morgan fingerprint density at radius 2 is 0.804 bits per heavy atom. The topological polar surface area (TPSA) is 16.4 Å². The van der Waals surface area contributed by atoms with Crippen LogP contribution in [0.5, 0.6) is 0 Å². The van der Waals surface area contributed by atoms with Gasteiger partial charge < -0.3 is 9.32 Å². The molecule has 0 unspecified atom stereocenters. The molecule has 0 saturated heterocycles. The number of hydrogen-bond donors (Lipinski definition) is 0. The Balaban J connectivity index is 1.21. The lowest BCUT2D eigenvalue weighted by molar-refractivity contribution is 0.669. The summed E-state index contributed by atoms with van der Waals surface area (Å²) in [5.74, 6) is 0. The molecule has 9 aromatic rings. The minimum Gasteiger partial charge on any atom is -0.456 e. The van der Waals surface area contributed by atoms with Gasteiger partial charge in [-0.3, -0.25) is 0 Å². The number of fused-ring (bicyclic) bond motifs is 6. The molecule has 0 atom stereocenters. The van der Waals surface area contributed by atoms with Crippen molar-refractivity contribution < 1.29 is 4.42 Å². The smallest absolute Gasteiger partial charge is 0.136 e. The Bertz CT molecular complexity index is 2410. The Labute approximate surface area is 267 Å². The largest absolute Gasteiger partial charge is 0.456 e. The van der Waals surface area contributed by atoms with Gasteiger partial charge in [0, 0.05) is 27.8 Å². The van der Waals surface area contributed by atoms with Gasteiger partial charge in [-0.1, -0.05) is 121 Å². The molecule has 0 bridgehead atoms. The first-order valence-electron chi connectivity index (χ1n) is 15.7. The van der Waals surface area contributed by atoms with Crippen LogP contribution in [0.3, 0.4) is 0 Å². The molecule has 1 heterocycles. The number of furan rings is 1. The van der Waals surface area contributed by atoms with Crippen LogP contribution in [0.25, 0.3) is 65.7 Å². The zero-order valence-corrected chi connectivity index (χ0v) is 25.1. The van der Waals surface area contributed by atoms with Gasteiger partial charge in [0.2, 0.25) is 0 Å². The predicted molar refractivity (Wildman–Crippen MR) is 194 cm³/mol. The second kappa shape index (κ2) is 10.8. The quantitative estimate of drug-likeness (QED) is 0.186. The molecule has 8 aromatic carbocycles. The van der Waals surface area contributed by atoms with Crippen molar-refractivity contribution >= 4 is 60.5 Å². The van der Waals surface area contributed by atoms with Crippen LogP contribution in [0.15, 0.2) is 180 Å². The van der Waals surface area contributed by atoms with Crippen molar-refractivity contribution in [2.75, 3.05) is 4.90 Å². The van der Waals surface area contributed by atoms with E-state index >= 15 is 0 Å². The van der Waals surface area contributed by atoms with Gasteiger partial charge in [0.05, 0.1) is 0 Å². The molecule has 0 fully saturated rings. The maximum Gasteiger partial charge on any atom is 0.136 e. The Morgan fingerprint density at radius 1 is 0.304 bits per heavy atom. The highest BCUT2D eigenvalue weighted by atomic mass is 16.3. The first-order chi connectivity index (χ1) is 22.8. The van der Waals surface area contributed by atoms with E-state index in [-0.39, 0.29) is 0 Å². The Morgan fingerprint density at radius 3 is 1.46 bits per heavy atom. The van der Waals surface area contributed by atoms with E-state index in [0.717, 1.165) is 39.0 Å². The third-order valence-corrected chi connectivity index (χ3v) is 9.04. The number of hydrogen-bond acceptors (Lipinski definition) is 2. The van der Waals surface area contributed by atoms with Crippen LogP contribution >= 0.6 is 0 Å². The van der Waals surface area contributed by atoms with Crippen molar-refractivity contribution in [1.29, 1.82) is 0 Å². The van der Waals surface area contributed by atoms with Crippen LogP contribution in [-0.2, 0) is 0 Å². The fourth-order valence-electron chi connectivity index (χ4n) is 6.72. The van der Waals surface area contributed by atoms with E-state index in [1.165, 1.54) is 43.8 Å². The van der Waals surface area contributed by atoms with Crippen LogP contribution in [0.4, 0.5) is 17.1 Å². The molecular formula is C44H29NO. The highest BCUT2D eigenvalue weighted by Crippen LogP contribution is 2.40. The first kappa shape index (κ1) is 26.3. The standard InChI is InChI=1S/C44H29NO/c1-3-9-30(10-4-1)32-17-22-36(23-18-32)45(37-24-19-33(20-25-37)31-11-5-2-6-12-31)38-26-21-34-15-16-35-27-42-39-13-7-8-14-43(39)46-44(42)29-41(35)40(34)28-38/h1-29H. The third kappa shape index (κ3) is 4.51. The maximum atomic E-state index is 6.31. The summed E-state index contributed by atoms with van der Waals surface area (Å²) in [5.41, 5.74) is 9.95. The second-order valence-corrected chi connectivity index (χ2v) is 11.8. The van der Waals surface area contributed by atoms with E-state index in [9.17, 15) is 0 Å². The molecule has 2 nitrogen and oxygen atoms in total. The van der Waals surface area contributed by atoms with Crippen LogP contribution in [0.1, 0.15) is 0 Å². The van der Waals surface area contributed by atoms with E-state index in [2.05, 4.69) is 169 Å². The average Bonchev–Trinajstić information content (AvgIpc) is 3.50. The van der Waals surface area contributed by atoms with Crippen molar-refractivity contribution in [2.24, 2.45) is 0 Å². The monoisotopic (exact) mass is 587 g/mol. The van der Waals surface area contributed by atoms with E-state index in [1.807, 2.05) is 12.1 Å². The minimum atomic E-state index is 0.913. The summed E-state index contributed by atoms with van der Waals surface area (Å²) in [6, 6.07) is 62.8. The lowest BCUT2D eigenvalue weighted by atomic mass is 9.98. The zero-order valence-electron chi connectivity index (χ0n) is 25.1. The molecule has 46 heavy (non-hydrogen) atoms. The molecule has 0 aliphatic rings. The lowest BCUT2D eigenvalue weighted by Gasteiger charge is -2.26. The molecule has 0 aliphatic carbocycles. The van der Waals surface area contributed by atoms with Crippen LogP contribution in [0, 0.1) is 0 Å². The van der Waals surface area contributed by atoms with Crippen molar-refractivity contribution in [2.45, 2.75) is 0 Å². The summed E-state index contributed by atoms with van der Waals surface area (Å²) in [6.45, 7) is 0. The van der Waals surface area contributed by atoms with Gasteiger partial charge in [-0.05, 0) is 98.4 Å². The van der Waals surface area contributed by atoms with Gasteiger partial charge in [-0.15, -0.1) is 0 Å². The minimum absolute atomic E-state index is 0.913. The summed E-state index contributed by atoms with van der Waals surface area (Å²) in [4.78, 5) is 2.35. The molecule has 0 amide bonds. The Kier molecular flexibility index (Phi) is 6.17. The third-order valence-electron chi connectivity index (χ3n) is 9.04. The fourth-order valence-corrected chi connectivity index (χ4v) is 6.72. The maximum absolute atomic E-state index is 6.31. The number of para-hydroxylation sites is 1. The predicted octanol–water partition coefficient (Wildman–Crippen LogP) is 12.7. The van der Waals surface area contributed by atoms with Gasteiger partial charge in [0.1, 0.15) is 11.2 Å². The van der Waals surface area contributed by atoms with Gasteiger partial charge in [-0.25, -0.2) is 0 Å². The molecule has 0 saturated carbocycles. The molecule has 2 heteroatoms. The van der Waals surface area contributed by atoms with E-state index in [0.29, 0.717) is 0 Å². The van der Waals surface area contributed by atoms with Gasteiger partial charge >= 0.3 is 0 Å². The summed E-state index contributed by atoms with van der Waals surface area (Å²) in [5, 5.41) is 7.09. The molecule has 0 radical (unpaired) electrons. The second-order valence-electron chi connectivity index (χ2n) is 11.8. The van der Waals surface area contributed by atoms with Gasteiger partial charge in [0.25, 0.3) is 0 Å². The van der Waals surface area contributed by atoms with E-state index < -0.39 is 0 Å². The normalized spacial score (nSPS) is 11.5. The van der Waals surface area contributed by atoms with Crippen molar-refractivity contribution in [1.82, 2.24) is 0 Å². The van der Waals surface area contributed by atoms with Crippen molar-refractivity contribution in [3.63, 3.8) is 0 Å². The molecule has 216 valence electrons. The fraction of sp³-hybridized carbons (Fsp3) is 0. The molecule has 1 aromatic heterocycles. The number of anilines is 3. The van der Waals surface area contributed by atoms with Gasteiger partial charge in [-0.2, -0.15) is 0 Å². The van der Waals surface area contributed by atoms with Crippen molar-refractivity contribution in [3.05, 3.63) is 176 Å². The average molecular weight is 588 g/mol.